The summed E-state index contributed by atoms with van der Waals surface area (Å²) in [4.78, 5) is 12.3. The highest BCUT2D eigenvalue weighted by Crippen LogP contribution is 2.36. The Balaban J connectivity index is 2.11. The molecular weight excluding hydrogens is 316 g/mol. The lowest BCUT2D eigenvalue weighted by Gasteiger charge is -2.37. The number of aromatic hydroxyl groups is 1. The Morgan fingerprint density at radius 1 is 1.35 bits per heavy atom. The minimum Gasteiger partial charge on any atom is -0.508 e. The number of esters is 1. The molecular formula is C18H25ClO4. The number of carbonyl (C=O) groups is 1. The number of carbonyl (C=O) groups excluding carboxylic acids is 1. The van der Waals surface area contributed by atoms with Crippen molar-refractivity contribution >= 4 is 17.6 Å². The van der Waals surface area contributed by atoms with Crippen LogP contribution in [0.15, 0.2) is 18.2 Å². The van der Waals surface area contributed by atoms with Crippen LogP contribution in [0.2, 0.25) is 5.02 Å². The number of phenolic OH excluding ortho intramolecular Hbond substituents is 1. The predicted octanol–water partition coefficient (Wildman–Crippen LogP) is 4.08. The fourth-order valence-corrected chi connectivity index (χ4v) is 3.52. The lowest BCUT2D eigenvalue weighted by molar-refractivity contribution is -0.166. The van der Waals surface area contributed by atoms with Crippen molar-refractivity contribution in [2.75, 3.05) is 0 Å². The van der Waals surface area contributed by atoms with Crippen molar-refractivity contribution < 1.29 is 19.7 Å². The largest absolute Gasteiger partial charge is 0.508 e. The number of halogens is 1. The van der Waals surface area contributed by atoms with E-state index in [9.17, 15) is 15.0 Å². The van der Waals surface area contributed by atoms with E-state index in [2.05, 4.69) is 20.8 Å². The molecule has 2 N–H and O–H groups in total. The molecule has 1 aromatic rings. The molecule has 0 bridgehead atoms. The minimum absolute atomic E-state index is 0.0763. The maximum atomic E-state index is 12.3. The van der Waals surface area contributed by atoms with Gasteiger partial charge in [0.25, 0.3) is 0 Å². The summed E-state index contributed by atoms with van der Waals surface area (Å²) in [6.07, 6.45) is 1.24. The van der Waals surface area contributed by atoms with E-state index in [0.717, 1.165) is 19.3 Å². The fraction of sp³-hybridized carbons (Fsp3) is 0.611. The van der Waals surface area contributed by atoms with Gasteiger partial charge in [0, 0.05) is 10.6 Å². The van der Waals surface area contributed by atoms with Gasteiger partial charge in [-0.1, -0.05) is 38.8 Å². The van der Waals surface area contributed by atoms with Gasteiger partial charge in [0.1, 0.15) is 11.9 Å². The molecule has 128 valence electrons. The molecule has 0 heterocycles. The predicted molar refractivity (Wildman–Crippen MR) is 89.3 cm³/mol. The second-order valence-corrected chi connectivity index (χ2v) is 7.34. The van der Waals surface area contributed by atoms with Crippen LogP contribution in [0.25, 0.3) is 0 Å². The van der Waals surface area contributed by atoms with Crippen LogP contribution in [0, 0.1) is 17.8 Å². The van der Waals surface area contributed by atoms with Crippen molar-refractivity contribution in [2.24, 2.45) is 17.8 Å². The van der Waals surface area contributed by atoms with E-state index in [0.29, 0.717) is 22.8 Å². The van der Waals surface area contributed by atoms with Crippen molar-refractivity contribution in [1.29, 1.82) is 0 Å². The summed E-state index contributed by atoms with van der Waals surface area (Å²) >= 11 is 5.87. The van der Waals surface area contributed by atoms with E-state index in [1.54, 1.807) is 0 Å². The van der Waals surface area contributed by atoms with Gasteiger partial charge in [0.05, 0.1) is 0 Å². The van der Waals surface area contributed by atoms with E-state index in [1.807, 2.05) is 0 Å². The molecule has 4 atom stereocenters. The first-order chi connectivity index (χ1) is 10.8. The molecule has 1 saturated carbocycles. The zero-order valence-electron chi connectivity index (χ0n) is 13.8. The van der Waals surface area contributed by atoms with Gasteiger partial charge in [-0.3, -0.25) is 0 Å². The van der Waals surface area contributed by atoms with Crippen LogP contribution in [0.5, 0.6) is 5.75 Å². The van der Waals surface area contributed by atoms with Crippen molar-refractivity contribution in [3.8, 4) is 5.75 Å². The maximum Gasteiger partial charge on any atom is 0.340 e. The minimum atomic E-state index is -1.53. The van der Waals surface area contributed by atoms with E-state index in [-0.39, 0.29) is 17.4 Å². The molecule has 23 heavy (non-hydrogen) atoms. The Labute approximate surface area is 142 Å². The summed E-state index contributed by atoms with van der Waals surface area (Å²) in [5, 5.41) is 20.4. The van der Waals surface area contributed by atoms with Gasteiger partial charge in [-0.2, -0.15) is 0 Å². The third-order valence-electron chi connectivity index (χ3n) is 4.74. The molecule has 5 heteroatoms. The lowest BCUT2D eigenvalue weighted by atomic mass is 9.75. The highest BCUT2D eigenvalue weighted by Gasteiger charge is 2.35. The average Bonchev–Trinajstić information content (AvgIpc) is 2.48. The number of rotatable bonds is 4. The summed E-state index contributed by atoms with van der Waals surface area (Å²) < 4.78 is 5.60. The molecule has 0 radical (unpaired) electrons. The first-order valence-corrected chi connectivity index (χ1v) is 8.54. The van der Waals surface area contributed by atoms with E-state index >= 15 is 0 Å². The second kappa shape index (κ2) is 7.54. The van der Waals surface area contributed by atoms with Crippen molar-refractivity contribution in [3.63, 3.8) is 0 Å². The zero-order valence-corrected chi connectivity index (χ0v) is 14.6. The van der Waals surface area contributed by atoms with Gasteiger partial charge in [-0.05, 0) is 48.8 Å². The molecule has 0 saturated heterocycles. The Bertz CT molecular complexity index is 558. The number of benzene rings is 1. The van der Waals surface area contributed by atoms with Crippen molar-refractivity contribution in [1.82, 2.24) is 0 Å². The summed E-state index contributed by atoms with van der Waals surface area (Å²) in [6.45, 7) is 6.40. The fourth-order valence-electron chi connectivity index (χ4n) is 3.34. The topological polar surface area (TPSA) is 66.8 Å². The SMILES string of the molecule is CC(C)[C@@H]1CC[C@@H](C)C[C@H]1OC(=O)[C@@H](O)c1cc(Cl)ccc1O. The van der Waals surface area contributed by atoms with Crippen LogP contribution >= 0.6 is 11.6 Å². The summed E-state index contributed by atoms with van der Waals surface area (Å²) in [5.41, 5.74) is 0.0763. The van der Waals surface area contributed by atoms with E-state index in [4.69, 9.17) is 16.3 Å². The molecule has 1 fully saturated rings. The molecule has 0 aromatic heterocycles. The summed E-state index contributed by atoms with van der Waals surface area (Å²) in [7, 11) is 0. The molecule has 2 rings (SSSR count). The molecule has 4 nitrogen and oxygen atoms in total. The molecule has 1 aliphatic rings. The van der Waals surface area contributed by atoms with Crippen LogP contribution in [0.3, 0.4) is 0 Å². The number of phenols is 1. The number of ether oxygens (including phenoxy) is 1. The lowest BCUT2D eigenvalue weighted by Crippen LogP contribution is -2.37. The number of hydrogen-bond acceptors (Lipinski definition) is 4. The van der Waals surface area contributed by atoms with Gasteiger partial charge < -0.3 is 14.9 Å². The van der Waals surface area contributed by atoms with Crippen LogP contribution < -0.4 is 0 Å². The second-order valence-electron chi connectivity index (χ2n) is 6.91. The molecule has 1 aliphatic carbocycles. The Morgan fingerprint density at radius 2 is 2.04 bits per heavy atom. The molecule has 0 aliphatic heterocycles. The van der Waals surface area contributed by atoms with Crippen molar-refractivity contribution in [3.05, 3.63) is 28.8 Å². The average molecular weight is 341 g/mol. The normalized spacial score (nSPS) is 26.1. The van der Waals surface area contributed by atoms with Crippen LogP contribution in [0.1, 0.15) is 51.7 Å². The highest BCUT2D eigenvalue weighted by molar-refractivity contribution is 6.30. The smallest absolute Gasteiger partial charge is 0.340 e. The van der Waals surface area contributed by atoms with E-state index in [1.165, 1.54) is 18.2 Å². The van der Waals surface area contributed by atoms with E-state index < -0.39 is 12.1 Å². The molecule has 1 aromatic carbocycles. The first-order valence-electron chi connectivity index (χ1n) is 8.16. The van der Waals surface area contributed by atoms with Gasteiger partial charge in [-0.25, -0.2) is 4.79 Å². The Kier molecular flexibility index (Phi) is 5.93. The Morgan fingerprint density at radius 3 is 2.70 bits per heavy atom. The quantitative estimate of drug-likeness (QED) is 0.810. The number of aliphatic hydroxyl groups excluding tert-OH is 1. The standard InChI is InChI=1S/C18H25ClO4/c1-10(2)13-6-4-11(3)8-16(13)23-18(22)17(21)14-9-12(19)5-7-15(14)20/h5,7,9-11,13,16-17,20-21H,4,6,8H2,1-3H3/t11-,13+,16-,17+/m1/s1. The van der Waals surface area contributed by atoms with Crippen LogP contribution in [-0.4, -0.2) is 22.3 Å². The van der Waals surface area contributed by atoms with Crippen molar-refractivity contribution in [2.45, 2.75) is 52.2 Å². The van der Waals surface area contributed by atoms with Crippen LogP contribution in [0.4, 0.5) is 0 Å². The Hall–Kier alpha value is -1.26. The number of hydrogen-bond donors (Lipinski definition) is 2. The molecule has 0 amide bonds. The highest BCUT2D eigenvalue weighted by atomic mass is 35.5. The maximum absolute atomic E-state index is 12.3. The zero-order chi connectivity index (χ0) is 17.1. The molecule has 0 spiro atoms. The number of aliphatic hydroxyl groups is 1. The van der Waals surface area contributed by atoms with Crippen LogP contribution in [-0.2, 0) is 9.53 Å². The van der Waals surface area contributed by atoms with Gasteiger partial charge in [0.2, 0.25) is 0 Å². The van der Waals surface area contributed by atoms with Gasteiger partial charge in [0.15, 0.2) is 6.10 Å². The molecule has 0 unspecified atom stereocenters. The monoisotopic (exact) mass is 340 g/mol. The third-order valence-corrected chi connectivity index (χ3v) is 4.97. The first kappa shape index (κ1) is 18.1. The van der Waals surface area contributed by atoms with Gasteiger partial charge >= 0.3 is 5.97 Å². The third kappa shape index (κ3) is 4.39. The summed E-state index contributed by atoms with van der Waals surface area (Å²) in [5.74, 6) is 0.315. The van der Waals surface area contributed by atoms with Gasteiger partial charge in [-0.15, -0.1) is 0 Å². The summed E-state index contributed by atoms with van der Waals surface area (Å²) in [6, 6.07) is 4.23.